The Labute approximate surface area is 129 Å². The van der Waals surface area contributed by atoms with Crippen LogP contribution in [0.15, 0.2) is 29.0 Å². The highest BCUT2D eigenvalue weighted by atomic mass is 79.9. The van der Waals surface area contributed by atoms with Gasteiger partial charge in [-0.05, 0) is 40.2 Å². The molecule has 2 aromatic rings. The maximum absolute atomic E-state index is 5.86. The van der Waals surface area contributed by atoms with E-state index in [1.165, 1.54) is 0 Å². The maximum atomic E-state index is 5.86. The van der Waals surface area contributed by atoms with E-state index >= 15 is 0 Å². The summed E-state index contributed by atoms with van der Waals surface area (Å²) in [6.07, 6.45) is -0.283. The van der Waals surface area contributed by atoms with E-state index in [2.05, 4.69) is 31.3 Å². The lowest BCUT2D eigenvalue weighted by atomic mass is 10.3. The summed E-state index contributed by atoms with van der Waals surface area (Å²) in [5.74, 6) is 0.610. The zero-order valence-corrected chi connectivity index (χ0v) is 12.8. The fraction of sp³-hybridized carbons (Fsp3) is 0.333. The van der Waals surface area contributed by atoms with Gasteiger partial charge in [0.25, 0.3) is 0 Å². The summed E-state index contributed by atoms with van der Waals surface area (Å²) in [5, 5.41) is 8.13. The molecule has 0 bridgehead atoms. The molecule has 0 unspecified atom stereocenters. The minimum atomic E-state index is -0.283. The van der Waals surface area contributed by atoms with Gasteiger partial charge in [0.15, 0.2) is 6.29 Å². The van der Waals surface area contributed by atoms with Crippen molar-refractivity contribution >= 4 is 39.2 Å². The molecule has 0 aliphatic carbocycles. The van der Waals surface area contributed by atoms with Gasteiger partial charge < -0.3 is 14.8 Å². The summed E-state index contributed by atoms with van der Waals surface area (Å²) < 4.78 is 13.0. The number of ether oxygens (including phenoxy) is 2. The second-order valence-corrected chi connectivity index (χ2v) is 5.34. The van der Waals surface area contributed by atoms with Gasteiger partial charge in [-0.1, -0.05) is 11.6 Å². The Morgan fingerprint density at radius 3 is 2.70 bits per heavy atom. The lowest BCUT2D eigenvalue weighted by molar-refractivity contribution is -0.0542. The molecule has 106 valence electrons. The Balaban J connectivity index is 1.76. The molecular formula is C12H12BrClN4O2. The van der Waals surface area contributed by atoms with Crippen LogP contribution in [0, 0.1) is 0 Å². The molecular weight excluding hydrogens is 348 g/mol. The lowest BCUT2D eigenvalue weighted by Gasteiger charge is -2.11. The van der Waals surface area contributed by atoms with Gasteiger partial charge in [0.2, 0.25) is 10.7 Å². The number of hydrogen-bond donors (Lipinski definition) is 1. The van der Waals surface area contributed by atoms with Crippen LogP contribution in [0.1, 0.15) is 0 Å². The van der Waals surface area contributed by atoms with Crippen molar-refractivity contribution in [2.24, 2.45) is 0 Å². The van der Waals surface area contributed by atoms with Crippen molar-refractivity contribution in [2.45, 2.75) is 12.8 Å². The molecule has 3 rings (SSSR count). The van der Waals surface area contributed by atoms with Crippen molar-refractivity contribution in [3.63, 3.8) is 0 Å². The summed E-state index contributed by atoms with van der Waals surface area (Å²) >= 11 is 9.13. The number of nitrogens with one attached hydrogen (secondary N) is 1. The number of aromatic nitrogens is 3. The van der Waals surface area contributed by atoms with E-state index in [4.69, 9.17) is 21.1 Å². The van der Waals surface area contributed by atoms with Crippen LogP contribution in [0.5, 0.6) is 0 Å². The van der Waals surface area contributed by atoms with Gasteiger partial charge in [0.05, 0.1) is 19.8 Å². The van der Waals surface area contributed by atoms with Crippen molar-refractivity contribution in [2.75, 3.05) is 18.5 Å². The molecule has 20 heavy (non-hydrogen) atoms. The molecule has 0 saturated carbocycles. The summed E-state index contributed by atoms with van der Waals surface area (Å²) in [4.78, 5) is 4.28. The Morgan fingerprint density at radius 2 is 2.00 bits per heavy atom. The summed E-state index contributed by atoms with van der Waals surface area (Å²) in [6.45, 7) is 1.70. The molecule has 0 amide bonds. The van der Waals surface area contributed by atoms with Crippen LogP contribution in [-0.2, 0) is 16.0 Å². The first kappa shape index (κ1) is 13.8. The van der Waals surface area contributed by atoms with E-state index in [1.807, 2.05) is 24.3 Å². The minimum Gasteiger partial charge on any atom is -0.348 e. The lowest BCUT2D eigenvalue weighted by Crippen LogP contribution is -2.19. The molecule has 1 aromatic heterocycles. The number of benzene rings is 1. The van der Waals surface area contributed by atoms with Gasteiger partial charge in [-0.2, -0.15) is 4.98 Å². The molecule has 1 aliphatic heterocycles. The summed E-state index contributed by atoms with van der Waals surface area (Å²) in [5.41, 5.74) is 0.879. The third-order valence-electron chi connectivity index (χ3n) is 2.76. The molecule has 2 heterocycles. The van der Waals surface area contributed by atoms with Crippen molar-refractivity contribution in [3.05, 3.63) is 34.0 Å². The van der Waals surface area contributed by atoms with Crippen LogP contribution in [0.4, 0.5) is 11.6 Å². The van der Waals surface area contributed by atoms with Gasteiger partial charge in [-0.25, -0.2) is 4.68 Å². The fourth-order valence-corrected chi connectivity index (χ4v) is 2.34. The average molecular weight is 360 g/mol. The molecule has 0 spiro atoms. The molecule has 1 fully saturated rings. The van der Waals surface area contributed by atoms with E-state index in [0.29, 0.717) is 35.5 Å². The first-order valence-electron chi connectivity index (χ1n) is 6.07. The third kappa shape index (κ3) is 3.29. The predicted molar refractivity (Wildman–Crippen MR) is 78.1 cm³/mol. The van der Waals surface area contributed by atoms with Crippen molar-refractivity contribution in [1.82, 2.24) is 14.8 Å². The van der Waals surface area contributed by atoms with E-state index in [0.717, 1.165) is 5.69 Å². The predicted octanol–water partition coefficient (Wildman–Crippen LogP) is 2.81. The highest BCUT2D eigenvalue weighted by Gasteiger charge is 2.19. The van der Waals surface area contributed by atoms with Crippen molar-refractivity contribution in [3.8, 4) is 0 Å². The maximum Gasteiger partial charge on any atom is 0.226 e. The van der Waals surface area contributed by atoms with Crippen LogP contribution in [-0.4, -0.2) is 34.3 Å². The molecule has 1 aliphatic rings. The number of nitrogens with zero attached hydrogens (tertiary/aromatic N) is 3. The van der Waals surface area contributed by atoms with Gasteiger partial charge in [-0.15, -0.1) is 5.10 Å². The van der Waals surface area contributed by atoms with Gasteiger partial charge in [0, 0.05) is 10.7 Å². The second kappa shape index (κ2) is 6.09. The van der Waals surface area contributed by atoms with Crippen LogP contribution in [0.3, 0.4) is 0 Å². The van der Waals surface area contributed by atoms with Crippen molar-refractivity contribution < 1.29 is 9.47 Å². The molecule has 0 radical (unpaired) electrons. The van der Waals surface area contributed by atoms with Gasteiger partial charge in [-0.3, -0.25) is 0 Å². The minimum absolute atomic E-state index is 0.283. The number of hydrogen-bond acceptors (Lipinski definition) is 5. The molecule has 8 heteroatoms. The average Bonchev–Trinajstić information content (AvgIpc) is 3.03. The molecule has 6 nitrogen and oxygen atoms in total. The number of halogens is 2. The Morgan fingerprint density at radius 1 is 1.30 bits per heavy atom. The quantitative estimate of drug-likeness (QED) is 0.909. The summed E-state index contributed by atoms with van der Waals surface area (Å²) in [6, 6.07) is 7.36. The molecule has 1 N–H and O–H groups in total. The normalized spacial score (nSPS) is 15.7. The standard InChI is InChI=1S/C12H12BrClN4O2/c13-11-16-12(15-9-3-1-8(14)2-4-9)18(17-11)7-10-19-5-6-20-10/h1-4,10H,5-7H2,(H,15,16,17). The largest absolute Gasteiger partial charge is 0.348 e. The highest BCUT2D eigenvalue weighted by Crippen LogP contribution is 2.20. The molecule has 0 atom stereocenters. The van der Waals surface area contributed by atoms with Crippen LogP contribution in [0.2, 0.25) is 5.02 Å². The Kier molecular flexibility index (Phi) is 4.21. The van der Waals surface area contributed by atoms with Crippen molar-refractivity contribution in [1.29, 1.82) is 0 Å². The number of anilines is 2. The van der Waals surface area contributed by atoms with Crippen LogP contribution >= 0.6 is 27.5 Å². The number of rotatable bonds is 4. The fourth-order valence-electron chi connectivity index (χ4n) is 1.85. The smallest absolute Gasteiger partial charge is 0.226 e. The highest BCUT2D eigenvalue weighted by molar-refractivity contribution is 9.10. The van der Waals surface area contributed by atoms with Crippen LogP contribution < -0.4 is 5.32 Å². The molecule has 1 aromatic carbocycles. The Bertz CT molecular complexity index is 584. The Hall–Kier alpha value is -1.15. The topological polar surface area (TPSA) is 61.2 Å². The van der Waals surface area contributed by atoms with E-state index in [1.54, 1.807) is 4.68 Å². The summed E-state index contributed by atoms with van der Waals surface area (Å²) in [7, 11) is 0. The van der Waals surface area contributed by atoms with E-state index in [9.17, 15) is 0 Å². The molecule has 1 saturated heterocycles. The van der Waals surface area contributed by atoms with Gasteiger partial charge in [0.1, 0.15) is 0 Å². The van der Waals surface area contributed by atoms with Crippen LogP contribution in [0.25, 0.3) is 0 Å². The zero-order chi connectivity index (χ0) is 13.9. The monoisotopic (exact) mass is 358 g/mol. The third-order valence-corrected chi connectivity index (χ3v) is 3.35. The van der Waals surface area contributed by atoms with E-state index < -0.39 is 0 Å². The first-order chi connectivity index (χ1) is 9.70. The van der Waals surface area contributed by atoms with E-state index in [-0.39, 0.29) is 6.29 Å². The van der Waals surface area contributed by atoms with Gasteiger partial charge >= 0.3 is 0 Å². The first-order valence-corrected chi connectivity index (χ1v) is 7.24. The SMILES string of the molecule is Clc1ccc(Nc2nc(Br)nn2CC2OCCO2)cc1. The zero-order valence-electron chi connectivity index (χ0n) is 10.4. The second-order valence-electron chi connectivity index (χ2n) is 4.19.